The highest BCUT2D eigenvalue weighted by molar-refractivity contribution is 7.91. The van der Waals surface area contributed by atoms with Crippen molar-refractivity contribution in [3.63, 3.8) is 0 Å². The number of amides is 2. The Morgan fingerprint density at radius 3 is 2.05 bits per heavy atom. The van der Waals surface area contributed by atoms with E-state index in [1.165, 1.54) is 19.3 Å². The van der Waals surface area contributed by atoms with E-state index in [2.05, 4.69) is 10.6 Å². The minimum atomic E-state index is -2.94. The van der Waals surface area contributed by atoms with E-state index >= 15 is 0 Å². The van der Waals surface area contributed by atoms with Crippen LogP contribution in [0.25, 0.3) is 0 Å². The molecule has 1 saturated heterocycles. The minimum absolute atomic E-state index is 0.00366. The molecule has 0 unspecified atom stereocenters. The van der Waals surface area contributed by atoms with Gasteiger partial charge >= 0.3 is 6.03 Å². The summed E-state index contributed by atoms with van der Waals surface area (Å²) in [6, 6.07) is -0.358. The van der Waals surface area contributed by atoms with Gasteiger partial charge in [0.05, 0.1) is 11.5 Å². The van der Waals surface area contributed by atoms with Crippen LogP contribution in [0.4, 0.5) is 4.79 Å². The maximum Gasteiger partial charge on any atom is 0.315 e. The first-order valence-electron chi connectivity index (χ1n) is 8.20. The summed E-state index contributed by atoms with van der Waals surface area (Å²) in [7, 11) is -2.94. The molecule has 0 radical (unpaired) electrons. The van der Waals surface area contributed by atoms with Crippen LogP contribution in [-0.2, 0) is 9.84 Å². The second kappa shape index (κ2) is 4.61. The highest BCUT2D eigenvalue weighted by Crippen LogP contribution is 2.55. The molecule has 0 spiro atoms. The van der Waals surface area contributed by atoms with Crippen molar-refractivity contribution in [1.82, 2.24) is 10.6 Å². The van der Waals surface area contributed by atoms with Crippen LogP contribution in [0.15, 0.2) is 0 Å². The molecule has 118 valence electrons. The predicted octanol–water partition coefficient (Wildman–Crippen LogP) is 1.44. The van der Waals surface area contributed by atoms with Crippen LogP contribution in [0.3, 0.4) is 0 Å². The van der Waals surface area contributed by atoms with Crippen molar-refractivity contribution >= 4 is 15.9 Å². The number of nitrogens with one attached hydrogen (secondary N) is 2. The highest BCUT2D eigenvalue weighted by Gasteiger charge is 2.51. The Morgan fingerprint density at radius 2 is 1.57 bits per heavy atom. The maximum absolute atomic E-state index is 12.3. The van der Waals surface area contributed by atoms with Gasteiger partial charge in [-0.25, -0.2) is 13.2 Å². The molecule has 2 N–H and O–H groups in total. The highest BCUT2D eigenvalue weighted by atomic mass is 32.2. The monoisotopic (exact) mass is 312 g/mol. The predicted molar refractivity (Wildman–Crippen MR) is 79.6 cm³/mol. The quantitative estimate of drug-likeness (QED) is 0.810. The molecule has 0 aromatic heterocycles. The first kappa shape index (κ1) is 13.9. The summed E-state index contributed by atoms with van der Waals surface area (Å²) in [5, 5.41) is 6.11. The second-order valence-electron chi connectivity index (χ2n) is 7.90. The second-order valence-corrected chi connectivity index (χ2v) is 10.1. The molecule has 0 aromatic carbocycles. The first-order valence-corrected chi connectivity index (χ1v) is 10.0. The van der Waals surface area contributed by atoms with Crippen molar-refractivity contribution in [1.29, 1.82) is 0 Å². The summed E-state index contributed by atoms with van der Waals surface area (Å²) in [5.41, 5.74) is -0.00366. The zero-order valence-corrected chi connectivity index (χ0v) is 13.1. The summed E-state index contributed by atoms with van der Waals surface area (Å²) in [6.07, 6.45) is 7.97. The average molecular weight is 312 g/mol. The maximum atomic E-state index is 12.3. The molecule has 5 nitrogen and oxygen atoms in total. The van der Waals surface area contributed by atoms with Gasteiger partial charge in [-0.3, -0.25) is 0 Å². The molecule has 21 heavy (non-hydrogen) atoms. The number of rotatable bonds is 2. The number of carbonyl (C=O) groups excluding carboxylic acids is 1. The first-order chi connectivity index (χ1) is 9.91. The van der Waals surface area contributed by atoms with Crippen molar-refractivity contribution in [3.05, 3.63) is 0 Å². The van der Waals surface area contributed by atoms with Gasteiger partial charge in [0.25, 0.3) is 0 Å². The Balaban J connectivity index is 1.39. The van der Waals surface area contributed by atoms with Crippen LogP contribution in [0.1, 0.15) is 44.9 Å². The fourth-order valence-corrected chi connectivity index (χ4v) is 7.31. The van der Waals surface area contributed by atoms with E-state index in [0.29, 0.717) is 6.42 Å². The molecule has 4 aliphatic carbocycles. The lowest BCUT2D eigenvalue weighted by molar-refractivity contribution is -0.0136. The summed E-state index contributed by atoms with van der Waals surface area (Å²) >= 11 is 0. The Hall–Kier alpha value is -0.780. The molecule has 0 aromatic rings. The van der Waals surface area contributed by atoms with Crippen molar-refractivity contribution in [2.75, 3.05) is 11.5 Å². The Morgan fingerprint density at radius 1 is 1.00 bits per heavy atom. The number of carbonyl (C=O) groups is 1. The number of urea groups is 1. The SMILES string of the molecule is O=C(N[C@H]1CCS(=O)(=O)C1)NC12CC3CC(CC(C3)C1)C2. The number of sulfone groups is 1. The van der Waals surface area contributed by atoms with Gasteiger partial charge in [0.15, 0.2) is 9.84 Å². The summed E-state index contributed by atoms with van der Waals surface area (Å²) in [6.45, 7) is 0. The summed E-state index contributed by atoms with van der Waals surface area (Å²) < 4.78 is 22.9. The molecule has 1 aliphatic heterocycles. The van der Waals surface area contributed by atoms with Crippen LogP contribution < -0.4 is 10.6 Å². The molecular weight excluding hydrogens is 288 g/mol. The van der Waals surface area contributed by atoms with E-state index in [1.807, 2.05) is 0 Å². The third-order valence-electron chi connectivity index (χ3n) is 5.98. The normalized spacial score (nSPS) is 46.5. The van der Waals surface area contributed by atoms with Gasteiger partial charge < -0.3 is 10.6 Å². The fraction of sp³-hybridized carbons (Fsp3) is 0.933. The molecule has 4 bridgehead atoms. The van der Waals surface area contributed by atoms with Gasteiger partial charge in [-0.1, -0.05) is 0 Å². The zero-order valence-electron chi connectivity index (χ0n) is 12.3. The lowest BCUT2D eigenvalue weighted by Gasteiger charge is -2.56. The van der Waals surface area contributed by atoms with Crippen LogP contribution in [0.2, 0.25) is 0 Å². The van der Waals surface area contributed by atoms with Crippen LogP contribution in [0, 0.1) is 17.8 Å². The van der Waals surface area contributed by atoms with Gasteiger partial charge in [0.2, 0.25) is 0 Å². The van der Waals surface area contributed by atoms with Crippen LogP contribution in [0.5, 0.6) is 0 Å². The van der Waals surface area contributed by atoms with Crippen molar-refractivity contribution in [2.24, 2.45) is 17.8 Å². The van der Waals surface area contributed by atoms with E-state index in [-0.39, 0.29) is 29.1 Å². The van der Waals surface area contributed by atoms with E-state index < -0.39 is 9.84 Å². The van der Waals surface area contributed by atoms with E-state index in [9.17, 15) is 13.2 Å². The van der Waals surface area contributed by atoms with Gasteiger partial charge in [-0.15, -0.1) is 0 Å². The van der Waals surface area contributed by atoms with Gasteiger partial charge in [-0.2, -0.15) is 0 Å². The largest absolute Gasteiger partial charge is 0.334 e. The summed E-state index contributed by atoms with van der Waals surface area (Å²) in [5.74, 6) is 2.69. The van der Waals surface area contributed by atoms with Gasteiger partial charge in [-0.05, 0) is 62.7 Å². The molecular formula is C15H24N2O3S. The van der Waals surface area contributed by atoms with E-state index in [4.69, 9.17) is 0 Å². The smallest absolute Gasteiger partial charge is 0.315 e. The molecule has 5 aliphatic rings. The Labute approximate surface area is 126 Å². The number of hydrogen-bond acceptors (Lipinski definition) is 3. The van der Waals surface area contributed by atoms with E-state index in [1.54, 1.807) is 0 Å². The third-order valence-corrected chi connectivity index (χ3v) is 7.75. The van der Waals surface area contributed by atoms with Crippen molar-refractivity contribution in [3.8, 4) is 0 Å². The fourth-order valence-electron chi connectivity index (χ4n) is 5.63. The lowest BCUT2D eigenvalue weighted by atomic mass is 9.53. The topological polar surface area (TPSA) is 75.3 Å². The molecule has 5 fully saturated rings. The van der Waals surface area contributed by atoms with Gasteiger partial charge in [0, 0.05) is 11.6 Å². The standard InChI is InChI=1S/C15H24N2O3S/c18-14(16-13-1-2-21(19,20)9-13)17-15-6-10-3-11(7-15)5-12(4-10)8-15/h10-13H,1-9H2,(H2,16,17,18)/t10?,11?,12?,13-,15?/m0/s1. The lowest BCUT2D eigenvalue weighted by Crippen LogP contribution is -2.62. The molecule has 2 amide bonds. The average Bonchev–Trinajstić information content (AvgIpc) is 2.65. The molecule has 1 atom stereocenters. The summed E-state index contributed by atoms with van der Waals surface area (Å²) in [4.78, 5) is 12.3. The number of hydrogen-bond donors (Lipinski definition) is 2. The molecule has 6 heteroatoms. The Kier molecular flexibility index (Phi) is 3.04. The minimum Gasteiger partial charge on any atom is -0.334 e. The molecule has 1 heterocycles. The zero-order chi connectivity index (χ0) is 14.7. The van der Waals surface area contributed by atoms with Crippen LogP contribution >= 0.6 is 0 Å². The van der Waals surface area contributed by atoms with Gasteiger partial charge in [0.1, 0.15) is 0 Å². The Bertz CT molecular complexity index is 522. The van der Waals surface area contributed by atoms with Crippen molar-refractivity contribution in [2.45, 2.75) is 56.5 Å². The molecule has 5 rings (SSSR count). The van der Waals surface area contributed by atoms with E-state index in [0.717, 1.165) is 37.0 Å². The van der Waals surface area contributed by atoms with Crippen LogP contribution in [-0.4, -0.2) is 37.5 Å². The molecule has 4 saturated carbocycles. The third kappa shape index (κ3) is 2.67. The van der Waals surface area contributed by atoms with Crippen molar-refractivity contribution < 1.29 is 13.2 Å².